The van der Waals surface area contributed by atoms with E-state index in [1.54, 1.807) is 6.20 Å². The van der Waals surface area contributed by atoms with E-state index in [1.807, 2.05) is 17.7 Å². The maximum Gasteiger partial charge on any atom is 0.247 e. The first kappa shape index (κ1) is 13.6. The predicted molar refractivity (Wildman–Crippen MR) is 86.0 cm³/mol. The van der Waals surface area contributed by atoms with Crippen molar-refractivity contribution in [1.82, 2.24) is 9.55 Å². The number of nitrogens with zero attached hydrogens (tertiary/aromatic N) is 2. The number of pyridine rings is 1. The molecule has 2 heterocycles. The Kier molecular flexibility index (Phi) is 3.60. The zero-order chi connectivity index (χ0) is 14.8. The Labute approximate surface area is 124 Å². The number of nitrogens with one attached hydrogen (secondary N) is 1. The molecule has 0 fully saturated rings. The number of amides is 1. The topological polar surface area (TPSA) is 46.9 Å². The summed E-state index contributed by atoms with van der Waals surface area (Å²) in [5.74, 6) is -0.217. The molecule has 1 N–H and O–H groups in total. The molecular formula is C17H19N3O. The number of hydrogen-bond donors (Lipinski definition) is 1. The summed E-state index contributed by atoms with van der Waals surface area (Å²) in [6.07, 6.45) is 12.2. The Morgan fingerprint density at radius 3 is 3.05 bits per heavy atom. The number of carbonyl (C=O) groups excluding carboxylic acids is 1. The fraction of sp³-hybridized carbons (Fsp3) is 0.294. The minimum absolute atomic E-state index is 0.217. The van der Waals surface area contributed by atoms with E-state index < -0.39 is 0 Å². The molecule has 4 nitrogen and oxygen atoms in total. The van der Waals surface area contributed by atoms with Crippen LogP contribution in [0.15, 0.2) is 37.2 Å². The zero-order valence-electron chi connectivity index (χ0n) is 12.2. The number of anilines is 1. The third kappa shape index (κ3) is 2.61. The van der Waals surface area contributed by atoms with Crippen molar-refractivity contribution in [2.45, 2.75) is 25.7 Å². The van der Waals surface area contributed by atoms with Crippen molar-refractivity contribution in [3.05, 3.63) is 42.8 Å². The lowest BCUT2D eigenvalue weighted by Crippen LogP contribution is -2.07. The first-order valence-corrected chi connectivity index (χ1v) is 7.27. The molecular weight excluding hydrogens is 262 g/mol. The number of aromatic nitrogens is 2. The molecule has 2 aromatic heterocycles. The predicted octanol–water partition coefficient (Wildman–Crippen LogP) is 3.66. The van der Waals surface area contributed by atoms with Crippen LogP contribution in [0, 0.1) is 0 Å². The molecule has 0 aliphatic heterocycles. The van der Waals surface area contributed by atoms with Gasteiger partial charge in [-0.2, -0.15) is 0 Å². The molecule has 3 rings (SSSR count). The van der Waals surface area contributed by atoms with Crippen molar-refractivity contribution in [1.29, 1.82) is 0 Å². The molecule has 0 aromatic carbocycles. The van der Waals surface area contributed by atoms with Gasteiger partial charge in [0.05, 0.1) is 11.9 Å². The molecule has 0 bridgehead atoms. The van der Waals surface area contributed by atoms with Crippen molar-refractivity contribution in [3.8, 4) is 0 Å². The van der Waals surface area contributed by atoms with E-state index in [9.17, 15) is 4.79 Å². The second kappa shape index (κ2) is 5.56. The number of rotatable bonds is 3. The van der Waals surface area contributed by atoms with Crippen molar-refractivity contribution in [2.24, 2.45) is 7.05 Å². The highest BCUT2D eigenvalue weighted by molar-refractivity contribution is 6.01. The van der Waals surface area contributed by atoms with Gasteiger partial charge in [0.15, 0.2) is 0 Å². The summed E-state index contributed by atoms with van der Waals surface area (Å²) < 4.78 is 2.04. The molecule has 108 valence electrons. The number of allylic oxidation sites excluding steroid dienone is 2. The van der Waals surface area contributed by atoms with Crippen LogP contribution in [0.1, 0.15) is 31.2 Å². The van der Waals surface area contributed by atoms with Crippen molar-refractivity contribution < 1.29 is 4.79 Å². The lowest BCUT2D eigenvalue weighted by atomic mass is 9.94. The summed E-state index contributed by atoms with van der Waals surface area (Å²) in [6.45, 7) is 3.47. The van der Waals surface area contributed by atoms with Gasteiger partial charge in [-0.25, -0.2) is 4.98 Å². The Morgan fingerprint density at radius 1 is 1.48 bits per heavy atom. The van der Waals surface area contributed by atoms with E-state index in [2.05, 4.69) is 29.2 Å². The van der Waals surface area contributed by atoms with Crippen molar-refractivity contribution in [3.63, 3.8) is 0 Å². The highest BCUT2D eigenvalue weighted by Crippen LogP contribution is 2.33. The van der Waals surface area contributed by atoms with Gasteiger partial charge in [-0.3, -0.25) is 4.79 Å². The minimum Gasteiger partial charge on any atom is -0.335 e. The molecule has 1 aliphatic carbocycles. The molecule has 0 radical (unpaired) electrons. The second-order valence-electron chi connectivity index (χ2n) is 5.42. The Bertz CT molecular complexity index is 740. The van der Waals surface area contributed by atoms with Gasteiger partial charge in [0.2, 0.25) is 5.91 Å². The molecule has 0 saturated heterocycles. The zero-order valence-corrected chi connectivity index (χ0v) is 12.2. The average molecular weight is 281 g/mol. The average Bonchev–Trinajstić information content (AvgIpc) is 2.85. The fourth-order valence-electron chi connectivity index (χ4n) is 2.86. The SMILES string of the molecule is C=CC(=O)Nc1cnc2c(c1)c(C1=CCCCC1)cn2C. The van der Waals surface area contributed by atoms with E-state index in [0.29, 0.717) is 5.69 Å². The van der Waals surface area contributed by atoms with Crippen LogP contribution in [0.2, 0.25) is 0 Å². The number of carbonyl (C=O) groups is 1. The Balaban J connectivity index is 2.07. The monoisotopic (exact) mass is 281 g/mol. The van der Waals surface area contributed by atoms with Gasteiger partial charge in [-0.05, 0) is 43.4 Å². The van der Waals surface area contributed by atoms with E-state index in [0.717, 1.165) is 23.9 Å². The third-order valence-electron chi connectivity index (χ3n) is 3.90. The fourth-order valence-corrected chi connectivity index (χ4v) is 2.86. The van der Waals surface area contributed by atoms with Crippen LogP contribution in [-0.2, 0) is 11.8 Å². The quantitative estimate of drug-likeness (QED) is 0.873. The molecule has 0 atom stereocenters. The Hall–Kier alpha value is -2.36. The van der Waals surface area contributed by atoms with Gasteiger partial charge in [0, 0.05) is 24.2 Å². The van der Waals surface area contributed by atoms with Crippen LogP contribution in [0.25, 0.3) is 16.6 Å². The van der Waals surface area contributed by atoms with E-state index in [1.165, 1.54) is 30.1 Å². The third-order valence-corrected chi connectivity index (χ3v) is 3.90. The number of aryl methyl sites for hydroxylation is 1. The highest BCUT2D eigenvalue weighted by Gasteiger charge is 2.14. The van der Waals surface area contributed by atoms with Gasteiger partial charge < -0.3 is 9.88 Å². The summed E-state index contributed by atoms with van der Waals surface area (Å²) >= 11 is 0. The Morgan fingerprint density at radius 2 is 2.33 bits per heavy atom. The highest BCUT2D eigenvalue weighted by atomic mass is 16.1. The van der Waals surface area contributed by atoms with Crippen LogP contribution in [0.4, 0.5) is 5.69 Å². The smallest absolute Gasteiger partial charge is 0.247 e. The van der Waals surface area contributed by atoms with Crippen LogP contribution in [0.3, 0.4) is 0 Å². The summed E-state index contributed by atoms with van der Waals surface area (Å²) in [7, 11) is 2.00. The standard InChI is InChI=1S/C17H19N3O/c1-3-16(21)19-13-9-14-15(12-7-5-4-6-8-12)11-20(2)17(14)18-10-13/h3,7,9-11H,1,4-6,8H2,2H3,(H,19,21). The summed E-state index contributed by atoms with van der Waals surface area (Å²) in [6, 6.07) is 1.99. The molecule has 1 amide bonds. The normalized spacial score (nSPS) is 14.8. The molecule has 1 aliphatic rings. The van der Waals surface area contributed by atoms with Crippen molar-refractivity contribution >= 4 is 28.2 Å². The molecule has 2 aromatic rings. The summed E-state index contributed by atoms with van der Waals surface area (Å²) in [5.41, 5.74) is 4.26. The van der Waals surface area contributed by atoms with Gasteiger partial charge in [-0.15, -0.1) is 0 Å². The molecule has 0 spiro atoms. The molecule has 21 heavy (non-hydrogen) atoms. The maximum atomic E-state index is 11.4. The van der Waals surface area contributed by atoms with Crippen LogP contribution in [0.5, 0.6) is 0 Å². The van der Waals surface area contributed by atoms with Gasteiger partial charge in [0.1, 0.15) is 5.65 Å². The second-order valence-corrected chi connectivity index (χ2v) is 5.42. The largest absolute Gasteiger partial charge is 0.335 e. The lowest BCUT2D eigenvalue weighted by Gasteiger charge is -2.12. The molecule has 0 saturated carbocycles. The van der Waals surface area contributed by atoms with Gasteiger partial charge >= 0.3 is 0 Å². The lowest BCUT2D eigenvalue weighted by molar-refractivity contribution is -0.111. The van der Waals surface area contributed by atoms with Crippen molar-refractivity contribution in [2.75, 3.05) is 5.32 Å². The van der Waals surface area contributed by atoms with Crippen LogP contribution >= 0.6 is 0 Å². The first-order chi connectivity index (χ1) is 10.2. The van der Waals surface area contributed by atoms with Gasteiger partial charge in [-0.1, -0.05) is 12.7 Å². The van der Waals surface area contributed by atoms with Gasteiger partial charge in [0.25, 0.3) is 0 Å². The van der Waals surface area contributed by atoms with Crippen LogP contribution < -0.4 is 5.32 Å². The van der Waals surface area contributed by atoms with Crippen LogP contribution in [-0.4, -0.2) is 15.5 Å². The van der Waals surface area contributed by atoms with E-state index in [4.69, 9.17) is 0 Å². The summed E-state index contributed by atoms with van der Waals surface area (Å²) in [4.78, 5) is 15.9. The van der Waals surface area contributed by atoms with E-state index in [-0.39, 0.29) is 5.91 Å². The molecule has 0 unspecified atom stereocenters. The van der Waals surface area contributed by atoms with E-state index >= 15 is 0 Å². The summed E-state index contributed by atoms with van der Waals surface area (Å²) in [5, 5.41) is 3.87. The maximum absolute atomic E-state index is 11.4. The number of hydrogen-bond acceptors (Lipinski definition) is 2. The first-order valence-electron chi connectivity index (χ1n) is 7.27. The number of fused-ring (bicyclic) bond motifs is 1. The molecule has 4 heteroatoms. The minimum atomic E-state index is -0.217.